The molecule has 2 bridgehead atoms. The Morgan fingerprint density at radius 1 is 0.974 bits per heavy atom. The van der Waals surface area contributed by atoms with E-state index in [1.165, 1.54) is 12.8 Å². The molecule has 2 saturated heterocycles. The smallest absolute Gasteiger partial charge is 0.246 e. The largest absolute Gasteiger partial charge is 0.497 e. The first-order valence-corrected chi connectivity index (χ1v) is 15.0. The van der Waals surface area contributed by atoms with Gasteiger partial charge in [-0.3, -0.25) is 14.4 Å². The van der Waals surface area contributed by atoms with E-state index in [1.807, 2.05) is 29.2 Å². The highest BCUT2D eigenvalue weighted by atomic mass is 16.5. The Bertz CT molecular complexity index is 1120. The topological polar surface area (TPSA) is 97.0 Å². The fourth-order valence-electron chi connectivity index (χ4n) is 7.77. The first kappa shape index (κ1) is 26.4. The van der Waals surface area contributed by atoms with E-state index in [2.05, 4.69) is 10.6 Å². The molecular weight excluding hydrogens is 494 g/mol. The van der Waals surface area contributed by atoms with Gasteiger partial charge in [0.05, 0.1) is 25.0 Å². The molecule has 2 aliphatic carbocycles. The number of amides is 3. The minimum absolute atomic E-state index is 0.0157. The summed E-state index contributed by atoms with van der Waals surface area (Å²) in [5.74, 6) is -1.27. The summed E-state index contributed by atoms with van der Waals surface area (Å²) in [5.41, 5.74) is -0.506. The summed E-state index contributed by atoms with van der Waals surface area (Å²) in [7, 11) is 1.58. The average Bonchev–Trinajstić information content (AvgIpc) is 3.57. The Morgan fingerprint density at radius 2 is 1.67 bits per heavy atom. The number of carbonyl (C=O) groups excluding carboxylic acids is 3. The van der Waals surface area contributed by atoms with Crippen LogP contribution in [0.3, 0.4) is 0 Å². The Hall–Kier alpha value is -2.87. The molecule has 39 heavy (non-hydrogen) atoms. The van der Waals surface area contributed by atoms with Gasteiger partial charge in [-0.1, -0.05) is 69.6 Å². The number of hydrogen-bond donors (Lipinski definition) is 2. The highest BCUT2D eigenvalue weighted by Gasteiger charge is 2.73. The zero-order chi connectivity index (χ0) is 27.0. The molecule has 1 spiro atoms. The van der Waals surface area contributed by atoms with Crippen molar-refractivity contribution in [3.05, 3.63) is 36.4 Å². The van der Waals surface area contributed by atoms with Crippen molar-refractivity contribution in [1.29, 1.82) is 0 Å². The van der Waals surface area contributed by atoms with Crippen molar-refractivity contribution in [2.24, 2.45) is 11.8 Å². The van der Waals surface area contributed by atoms with E-state index >= 15 is 0 Å². The maximum atomic E-state index is 14.4. The van der Waals surface area contributed by atoms with Gasteiger partial charge >= 0.3 is 0 Å². The minimum atomic E-state index is -1.11. The van der Waals surface area contributed by atoms with Gasteiger partial charge in [0.1, 0.15) is 17.4 Å². The van der Waals surface area contributed by atoms with E-state index in [-0.39, 0.29) is 29.8 Å². The van der Waals surface area contributed by atoms with Gasteiger partial charge in [0.15, 0.2) is 0 Å². The molecule has 0 radical (unpaired) electrons. The number of nitrogens with one attached hydrogen (secondary N) is 2. The van der Waals surface area contributed by atoms with E-state index in [9.17, 15) is 14.4 Å². The van der Waals surface area contributed by atoms with Crippen LogP contribution < -0.4 is 15.4 Å². The maximum absolute atomic E-state index is 14.4. The van der Waals surface area contributed by atoms with Gasteiger partial charge in [-0.25, -0.2) is 0 Å². The first-order valence-electron chi connectivity index (χ1n) is 15.0. The number of ether oxygens (including phenoxy) is 2. The molecule has 3 heterocycles. The monoisotopic (exact) mass is 535 g/mol. The molecule has 3 amide bonds. The van der Waals surface area contributed by atoms with E-state index in [0.29, 0.717) is 11.4 Å². The number of methoxy groups -OCH3 is 1. The summed E-state index contributed by atoms with van der Waals surface area (Å²) in [6.07, 6.45) is 16.0. The second-order valence-corrected chi connectivity index (χ2v) is 12.0. The summed E-state index contributed by atoms with van der Waals surface area (Å²) < 4.78 is 11.9. The van der Waals surface area contributed by atoms with Gasteiger partial charge in [0.2, 0.25) is 17.7 Å². The standard InChI is InChI=1S/C31H41N3O5/c1-38-23-16-10-13-21(19-23)33-28(35)25-24-17-18-31(39-24)26(25)30(37)34(22-14-8-3-2-4-9-15-22)27(31)29(36)32-20-11-6-5-7-12-20/h10,13,16-20,22,24-27H,2-9,11-12,14-15H2,1H3,(H,32,36)(H,33,35). The summed E-state index contributed by atoms with van der Waals surface area (Å²) in [6, 6.07) is 6.56. The van der Waals surface area contributed by atoms with Gasteiger partial charge in [-0.15, -0.1) is 0 Å². The van der Waals surface area contributed by atoms with Crippen LogP contribution in [-0.2, 0) is 19.1 Å². The van der Waals surface area contributed by atoms with Crippen LogP contribution in [0.2, 0.25) is 0 Å². The minimum Gasteiger partial charge on any atom is -0.497 e. The Kier molecular flexibility index (Phi) is 7.40. The predicted molar refractivity (Wildman–Crippen MR) is 147 cm³/mol. The van der Waals surface area contributed by atoms with E-state index in [0.717, 1.165) is 64.2 Å². The first-order chi connectivity index (χ1) is 19.0. The van der Waals surface area contributed by atoms with Crippen LogP contribution in [-0.4, -0.2) is 59.6 Å². The third-order valence-electron chi connectivity index (χ3n) is 9.62. The van der Waals surface area contributed by atoms with E-state index in [1.54, 1.807) is 19.2 Å². The zero-order valence-corrected chi connectivity index (χ0v) is 22.9. The molecule has 5 atom stereocenters. The van der Waals surface area contributed by atoms with Crippen LogP contribution in [0.5, 0.6) is 5.75 Å². The highest BCUT2D eigenvalue weighted by Crippen LogP contribution is 2.56. The molecule has 6 rings (SSSR count). The summed E-state index contributed by atoms with van der Waals surface area (Å²) in [6.45, 7) is 0. The number of nitrogens with zero attached hydrogens (tertiary/aromatic N) is 1. The maximum Gasteiger partial charge on any atom is 0.246 e. The van der Waals surface area contributed by atoms with Crippen LogP contribution in [0.25, 0.3) is 0 Å². The second kappa shape index (κ2) is 11.0. The number of fused-ring (bicyclic) bond motifs is 1. The third kappa shape index (κ3) is 4.75. The molecule has 0 aromatic heterocycles. The summed E-state index contributed by atoms with van der Waals surface area (Å²) in [5, 5.41) is 6.30. The second-order valence-electron chi connectivity index (χ2n) is 12.0. The molecule has 2 saturated carbocycles. The third-order valence-corrected chi connectivity index (χ3v) is 9.62. The number of hydrogen-bond acceptors (Lipinski definition) is 5. The Balaban J connectivity index is 1.31. The van der Waals surface area contributed by atoms with Crippen LogP contribution in [0.4, 0.5) is 5.69 Å². The number of anilines is 1. The van der Waals surface area contributed by atoms with Gasteiger partial charge in [-0.05, 0) is 37.8 Å². The van der Waals surface area contributed by atoms with Gasteiger partial charge in [0, 0.05) is 23.8 Å². The number of likely N-dealkylation sites (tertiary alicyclic amines) is 1. The molecule has 8 nitrogen and oxygen atoms in total. The van der Waals surface area contributed by atoms with E-state index in [4.69, 9.17) is 9.47 Å². The lowest BCUT2D eigenvalue weighted by Gasteiger charge is -2.38. The van der Waals surface area contributed by atoms with Crippen molar-refractivity contribution in [1.82, 2.24) is 10.2 Å². The normalized spacial score (nSPS) is 32.9. The van der Waals surface area contributed by atoms with Gasteiger partial charge in [-0.2, -0.15) is 0 Å². The molecule has 8 heteroatoms. The molecule has 1 aromatic rings. The van der Waals surface area contributed by atoms with Crippen molar-refractivity contribution in [2.75, 3.05) is 12.4 Å². The molecule has 4 fully saturated rings. The molecule has 210 valence electrons. The Morgan fingerprint density at radius 3 is 2.41 bits per heavy atom. The fraction of sp³-hybridized carbons (Fsp3) is 0.645. The van der Waals surface area contributed by atoms with Gasteiger partial charge < -0.3 is 25.0 Å². The molecule has 5 aliphatic rings. The summed E-state index contributed by atoms with van der Waals surface area (Å²) >= 11 is 0. The summed E-state index contributed by atoms with van der Waals surface area (Å²) in [4.78, 5) is 44.1. The molecule has 1 aromatic carbocycles. The molecule has 2 N–H and O–H groups in total. The van der Waals surface area contributed by atoms with Gasteiger partial charge in [0.25, 0.3) is 0 Å². The number of rotatable bonds is 6. The van der Waals surface area contributed by atoms with Crippen molar-refractivity contribution >= 4 is 23.4 Å². The van der Waals surface area contributed by atoms with Crippen molar-refractivity contribution in [3.8, 4) is 5.75 Å². The fourth-order valence-corrected chi connectivity index (χ4v) is 7.77. The lowest BCUT2D eigenvalue weighted by Crippen LogP contribution is -2.58. The van der Waals surface area contributed by atoms with E-state index < -0.39 is 29.6 Å². The van der Waals surface area contributed by atoms with Crippen LogP contribution in [0, 0.1) is 11.8 Å². The predicted octanol–water partition coefficient (Wildman–Crippen LogP) is 4.35. The Labute approximate surface area is 230 Å². The molecule has 5 unspecified atom stereocenters. The lowest BCUT2D eigenvalue weighted by molar-refractivity contribution is -0.144. The SMILES string of the molecule is COc1cccc(NC(=O)C2C3C=CC4(O3)C2C(=O)N(C2CCCCCCC2)C4C(=O)NC2CCCCC2)c1. The van der Waals surface area contributed by atoms with Crippen molar-refractivity contribution in [3.63, 3.8) is 0 Å². The van der Waals surface area contributed by atoms with Crippen LogP contribution in [0.15, 0.2) is 36.4 Å². The highest BCUT2D eigenvalue weighted by molar-refractivity contribution is 6.03. The quantitative estimate of drug-likeness (QED) is 0.528. The zero-order valence-electron chi connectivity index (χ0n) is 22.9. The van der Waals surface area contributed by atoms with Crippen LogP contribution >= 0.6 is 0 Å². The number of carbonyl (C=O) groups is 3. The lowest BCUT2D eigenvalue weighted by atomic mass is 9.74. The van der Waals surface area contributed by atoms with Crippen molar-refractivity contribution < 1.29 is 23.9 Å². The molecule has 3 aliphatic heterocycles. The molecular formula is C31H41N3O5. The van der Waals surface area contributed by atoms with Crippen LogP contribution in [0.1, 0.15) is 77.0 Å². The number of benzene rings is 1. The average molecular weight is 536 g/mol. The van der Waals surface area contributed by atoms with Crippen molar-refractivity contribution in [2.45, 2.75) is 107 Å².